The second-order valence-corrected chi connectivity index (χ2v) is 4.08. The molecule has 0 aliphatic rings. The molecule has 120 valence electrons. The molecular formula is C10H13Cl2F3N4O2. The Morgan fingerprint density at radius 2 is 2.10 bits per heavy atom. The summed E-state index contributed by atoms with van der Waals surface area (Å²) in [4.78, 5) is 19.0. The highest BCUT2D eigenvalue weighted by Crippen LogP contribution is 2.32. The van der Waals surface area contributed by atoms with E-state index in [0.717, 1.165) is 6.07 Å². The number of hydrogen-bond donors (Lipinski definition) is 3. The van der Waals surface area contributed by atoms with Gasteiger partial charge in [0.2, 0.25) is 0 Å². The summed E-state index contributed by atoms with van der Waals surface area (Å²) in [7, 11) is 0. The molecular weight excluding hydrogens is 336 g/mol. The number of nitrogens with zero attached hydrogens (tertiary/aromatic N) is 1. The van der Waals surface area contributed by atoms with E-state index in [-0.39, 0.29) is 48.9 Å². The Bertz CT molecular complexity index is 474. The molecule has 0 unspecified atom stereocenters. The van der Waals surface area contributed by atoms with E-state index in [9.17, 15) is 18.0 Å². The first kappa shape index (κ1) is 19.7. The van der Waals surface area contributed by atoms with Crippen molar-refractivity contribution in [2.45, 2.75) is 6.18 Å². The zero-order valence-electron chi connectivity index (χ0n) is 10.6. The van der Waals surface area contributed by atoms with Gasteiger partial charge in [0.05, 0.1) is 10.6 Å². The van der Waals surface area contributed by atoms with Crippen molar-refractivity contribution in [2.75, 3.05) is 25.0 Å². The van der Waals surface area contributed by atoms with Gasteiger partial charge >= 0.3 is 6.18 Å². The molecule has 0 radical (unpaired) electrons. The molecule has 6 nitrogen and oxygen atoms in total. The lowest BCUT2D eigenvalue weighted by Crippen LogP contribution is -3.00. The lowest BCUT2D eigenvalue weighted by atomic mass is 10.3. The molecule has 1 amide bonds. The molecule has 0 aliphatic carbocycles. The molecule has 1 heterocycles. The molecule has 0 bridgehead atoms. The monoisotopic (exact) mass is 348 g/mol. The van der Waals surface area contributed by atoms with Crippen molar-refractivity contribution in [3.63, 3.8) is 0 Å². The highest BCUT2D eigenvalue weighted by molar-refractivity contribution is 6.32. The number of halogens is 5. The van der Waals surface area contributed by atoms with Crippen LogP contribution < -0.4 is 28.9 Å². The summed E-state index contributed by atoms with van der Waals surface area (Å²) in [5.41, 5.74) is -0.922. The van der Waals surface area contributed by atoms with Crippen LogP contribution in [0.4, 0.5) is 19.0 Å². The van der Waals surface area contributed by atoms with Gasteiger partial charge in [-0.2, -0.15) is 18.0 Å². The highest BCUT2D eigenvalue weighted by Gasteiger charge is 2.31. The molecule has 5 N–H and O–H groups in total. The molecule has 0 aromatic carbocycles. The zero-order valence-corrected chi connectivity index (χ0v) is 12.1. The summed E-state index contributed by atoms with van der Waals surface area (Å²) in [5.74, 6) is 2.81. The molecule has 0 atom stereocenters. The minimum atomic E-state index is -4.49. The van der Waals surface area contributed by atoms with Crippen LogP contribution in [0.3, 0.4) is 0 Å². The Balaban J connectivity index is 0.00000400. The van der Waals surface area contributed by atoms with Crippen LogP contribution in [0.2, 0.25) is 5.02 Å². The normalized spacial score (nSPS) is 10.7. The van der Waals surface area contributed by atoms with Crippen LogP contribution >= 0.6 is 11.6 Å². The Labute approximate surface area is 129 Å². The Hall–Kier alpha value is -1.29. The fourth-order valence-electron chi connectivity index (χ4n) is 1.25. The average molecular weight is 349 g/mol. The molecule has 11 heteroatoms. The van der Waals surface area contributed by atoms with Gasteiger partial charge < -0.3 is 23.0 Å². The molecule has 1 rings (SSSR count). The number of rotatable bonds is 6. The topological polar surface area (TPSA) is 90.9 Å². The van der Waals surface area contributed by atoms with Crippen molar-refractivity contribution in [1.29, 1.82) is 0 Å². The molecule has 1 aromatic heterocycles. The number of carbonyl (C=O) groups is 1. The van der Waals surface area contributed by atoms with Gasteiger partial charge in [0.1, 0.15) is 5.82 Å². The van der Waals surface area contributed by atoms with Gasteiger partial charge in [0.15, 0.2) is 6.61 Å². The molecule has 0 saturated heterocycles. The summed E-state index contributed by atoms with van der Waals surface area (Å²) in [5, 5.41) is 5.05. The van der Waals surface area contributed by atoms with E-state index in [2.05, 4.69) is 26.4 Å². The van der Waals surface area contributed by atoms with E-state index in [1.807, 2.05) is 0 Å². The second-order valence-electron chi connectivity index (χ2n) is 3.68. The van der Waals surface area contributed by atoms with Gasteiger partial charge in [0.25, 0.3) is 5.91 Å². The first-order valence-corrected chi connectivity index (χ1v) is 5.82. The Kier molecular flexibility index (Phi) is 8.33. The number of aromatic nitrogens is 1. The first-order chi connectivity index (χ1) is 9.34. The van der Waals surface area contributed by atoms with Crippen LogP contribution in [-0.4, -0.2) is 30.6 Å². The van der Waals surface area contributed by atoms with Gasteiger partial charge in [-0.05, 0) is 6.07 Å². The van der Waals surface area contributed by atoms with Crippen molar-refractivity contribution in [3.05, 3.63) is 22.8 Å². The molecule has 0 saturated carbocycles. The summed E-state index contributed by atoms with van der Waals surface area (Å²) in [6.07, 6.45) is -3.80. The van der Waals surface area contributed by atoms with E-state index in [1.54, 1.807) is 0 Å². The number of carbonyl (C=O) groups excluding carboxylic acids is 1. The highest BCUT2D eigenvalue weighted by atomic mass is 35.5. The minimum Gasteiger partial charge on any atom is -1.00 e. The number of alkyl halides is 3. The van der Waals surface area contributed by atoms with Crippen LogP contribution in [0.1, 0.15) is 5.56 Å². The van der Waals surface area contributed by atoms with Gasteiger partial charge in [0, 0.05) is 19.3 Å². The number of anilines is 1. The van der Waals surface area contributed by atoms with Crippen molar-refractivity contribution >= 4 is 23.3 Å². The summed E-state index contributed by atoms with van der Waals surface area (Å²) < 4.78 is 37.2. The second kappa shape index (κ2) is 8.88. The summed E-state index contributed by atoms with van der Waals surface area (Å²) >= 11 is 5.69. The van der Waals surface area contributed by atoms with Gasteiger partial charge in [-0.1, -0.05) is 11.6 Å². The van der Waals surface area contributed by atoms with Gasteiger partial charge in [-0.25, -0.2) is 10.9 Å². The summed E-state index contributed by atoms with van der Waals surface area (Å²) in [6, 6.07) is 0.784. The predicted molar refractivity (Wildman–Crippen MR) is 64.6 cm³/mol. The fourth-order valence-corrected chi connectivity index (χ4v) is 1.48. The third-order valence-electron chi connectivity index (χ3n) is 2.14. The molecule has 21 heavy (non-hydrogen) atoms. The van der Waals surface area contributed by atoms with Crippen LogP contribution in [-0.2, 0) is 15.8 Å². The van der Waals surface area contributed by atoms with Gasteiger partial charge in [-0.3, -0.25) is 4.79 Å². The molecule has 1 aromatic rings. The number of pyridine rings is 1. The largest absolute Gasteiger partial charge is 1.00 e. The predicted octanol–water partition coefficient (Wildman–Crippen LogP) is -2.54. The lowest BCUT2D eigenvalue weighted by molar-refractivity contribution is -0.685. The minimum absolute atomic E-state index is 0. The van der Waals surface area contributed by atoms with E-state index in [0.29, 0.717) is 6.20 Å². The third kappa shape index (κ3) is 6.80. The number of hydrogen-bond acceptors (Lipinski definition) is 4. The van der Waals surface area contributed by atoms with E-state index < -0.39 is 11.7 Å². The lowest BCUT2D eigenvalue weighted by Gasteiger charge is -2.11. The van der Waals surface area contributed by atoms with Crippen LogP contribution in [0.25, 0.3) is 0 Å². The smallest absolute Gasteiger partial charge is 0.417 e. The van der Waals surface area contributed by atoms with Crippen LogP contribution in [0, 0.1) is 0 Å². The molecule has 0 aliphatic heterocycles. The average Bonchev–Trinajstić information content (AvgIpc) is 2.35. The fraction of sp³-hybridized carbons (Fsp3) is 0.400. The zero-order chi connectivity index (χ0) is 15.2. The number of quaternary nitrogens is 1. The number of amides is 1. The SMILES string of the molecule is [Cl-].[NH3+]OCC(=O)NCCNc1ncc(C(F)(F)F)cc1Cl. The third-order valence-corrected chi connectivity index (χ3v) is 2.43. The van der Waals surface area contributed by atoms with E-state index in [1.165, 1.54) is 0 Å². The van der Waals surface area contributed by atoms with Crippen molar-refractivity contribution in [1.82, 2.24) is 10.3 Å². The number of nitrogens with one attached hydrogen (secondary N) is 2. The van der Waals surface area contributed by atoms with E-state index in [4.69, 9.17) is 11.6 Å². The Morgan fingerprint density at radius 3 is 2.62 bits per heavy atom. The maximum atomic E-state index is 12.4. The van der Waals surface area contributed by atoms with Crippen LogP contribution in [0.5, 0.6) is 0 Å². The molecule has 0 spiro atoms. The van der Waals surface area contributed by atoms with Crippen molar-refractivity contribution in [3.8, 4) is 0 Å². The van der Waals surface area contributed by atoms with Crippen LogP contribution in [0.15, 0.2) is 12.3 Å². The quantitative estimate of drug-likeness (QED) is 0.390. The first-order valence-electron chi connectivity index (χ1n) is 5.45. The van der Waals surface area contributed by atoms with Crippen molar-refractivity contribution < 1.29 is 41.1 Å². The van der Waals surface area contributed by atoms with Crippen molar-refractivity contribution in [2.24, 2.45) is 0 Å². The standard InChI is InChI=1S/C10H12ClF3N4O2.ClH/c11-7-3-6(10(12,13)14)4-18-9(7)17-2-1-16-8(19)5-20-15;/h3-4H,1-2,5H2,15H3,(H-,16,17,18,19);1H. The maximum absolute atomic E-state index is 12.4. The Morgan fingerprint density at radius 1 is 1.43 bits per heavy atom. The summed E-state index contributed by atoms with van der Waals surface area (Å²) in [6.45, 7) is 0.321. The van der Waals surface area contributed by atoms with Gasteiger partial charge in [-0.15, -0.1) is 0 Å². The van der Waals surface area contributed by atoms with E-state index >= 15 is 0 Å². The maximum Gasteiger partial charge on any atom is 0.417 e. The molecule has 0 fully saturated rings.